The topological polar surface area (TPSA) is 48.3 Å². The average molecular weight is 368 g/mol. The minimum Gasteiger partial charge on any atom is -0.465 e. The summed E-state index contributed by atoms with van der Waals surface area (Å²) in [5, 5.41) is 1.63. The van der Waals surface area contributed by atoms with Crippen molar-refractivity contribution in [2.45, 2.75) is 13.5 Å². The summed E-state index contributed by atoms with van der Waals surface area (Å²) in [4.78, 5) is 23.2. The van der Waals surface area contributed by atoms with Gasteiger partial charge in [0, 0.05) is 34.2 Å². The van der Waals surface area contributed by atoms with Gasteiger partial charge in [-0.2, -0.15) is 0 Å². The minimum absolute atomic E-state index is 0.0248. The maximum Gasteiger partial charge on any atom is 0.337 e. The molecule has 0 aliphatic heterocycles. The van der Waals surface area contributed by atoms with Gasteiger partial charge in [0.1, 0.15) is 0 Å². The van der Waals surface area contributed by atoms with Gasteiger partial charge in [-0.25, -0.2) is 4.79 Å². The van der Waals surface area contributed by atoms with Crippen LogP contribution in [0.1, 0.15) is 28.4 Å². The van der Waals surface area contributed by atoms with E-state index in [1.807, 2.05) is 41.1 Å². The number of carbonyl (C=O) groups is 2. The summed E-state index contributed by atoms with van der Waals surface area (Å²) in [7, 11) is 1.36. The number of ketones is 1. The Morgan fingerprint density at radius 1 is 1.19 bits per heavy atom. The van der Waals surface area contributed by atoms with Crippen molar-refractivity contribution < 1.29 is 14.3 Å². The lowest BCUT2D eigenvalue weighted by atomic mass is 10.1. The molecule has 132 valence electrons. The number of hydrogen-bond acceptors (Lipinski definition) is 3. The molecule has 2 aromatic carbocycles. The van der Waals surface area contributed by atoms with Crippen LogP contribution in [0.4, 0.5) is 0 Å². The third kappa shape index (κ3) is 3.70. The number of halogens is 1. The molecule has 4 nitrogen and oxygen atoms in total. The smallest absolute Gasteiger partial charge is 0.337 e. The van der Waals surface area contributed by atoms with E-state index in [0.717, 1.165) is 22.0 Å². The van der Waals surface area contributed by atoms with Crippen molar-refractivity contribution in [3.8, 4) is 0 Å². The number of carbonyl (C=O) groups excluding carboxylic acids is 2. The summed E-state index contributed by atoms with van der Waals surface area (Å²) in [5.41, 5.74) is 3.21. The number of esters is 1. The van der Waals surface area contributed by atoms with E-state index >= 15 is 0 Å². The highest BCUT2D eigenvalue weighted by atomic mass is 35.5. The predicted octanol–water partition coefficient (Wildman–Crippen LogP) is 4.73. The predicted molar refractivity (Wildman–Crippen MR) is 104 cm³/mol. The molecule has 0 aliphatic carbocycles. The Morgan fingerprint density at radius 2 is 1.96 bits per heavy atom. The minimum atomic E-state index is -0.391. The molecule has 1 aromatic heterocycles. The highest BCUT2D eigenvalue weighted by molar-refractivity contribution is 6.31. The van der Waals surface area contributed by atoms with Crippen LogP contribution in [-0.4, -0.2) is 23.4 Å². The molecule has 3 rings (SSSR count). The SMILES string of the molecule is COC(=O)c1ccc2c(/C=C/C(C)=O)cn(Cc3ccccc3Cl)c2c1. The van der Waals surface area contributed by atoms with Gasteiger partial charge in [-0.15, -0.1) is 0 Å². The van der Waals surface area contributed by atoms with E-state index in [-0.39, 0.29) is 5.78 Å². The van der Waals surface area contributed by atoms with Gasteiger partial charge < -0.3 is 9.30 Å². The van der Waals surface area contributed by atoms with Crippen LogP contribution in [0.15, 0.2) is 54.7 Å². The molecule has 0 bridgehead atoms. The molecule has 5 heteroatoms. The lowest BCUT2D eigenvalue weighted by molar-refractivity contribution is -0.112. The average Bonchev–Trinajstić information content (AvgIpc) is 2.98. The van der Waals surface area contributed by atoms with Crippen LogP contribution < -0.4 is 0 Å². The fourth-order valence-corrected chi connectivity index (χ4v) is 3.04. The molecule has 0 saturated heterocycles. The first-order valence-corrected chi connectivity index (χ1v) is 8.50. The van der Waals surface area contributed by atoms with Crippen LogP contribution >= 0.6 is 11.6 Å². The van der Waals surface area contributed by atoms with E-state index in [0.29, 0.717) is 17.1 Å². The normalized spacial score (nSPS) is 11.2. The Labute approximate surface area is 156 Å². The molecule has 3 aromatic rings. The Kier molecular flexibility index (Phi) is 5.24. The number of rotatable bonds is 5. The van der Waals surface area contributed by atoms with Crippen LogP contribution in [0.3, 0.4) is 0 Å². The Balaban J connectivity index is 2.14. The molecule has 26 heavy (non-hydrogen) atoms. The van der Waals surface area contributed by atoms with Crippen molar-refractivity contribution in [2.75, 3.05) is 7.11 Å². The quantitative estimate of drug-likeness (QED) is 0.483. The second kappa shape index (κ2) is 7.58. The van der Waals surface area contributed by atoms with Gasteiger partial charge in [0.05, 0.1) is 12.7 Å². The van der Waals surface area contributed by atoms with Crippen molar-refractivity contribution in [3.63, 3.8) is 0 Å². The first-order valence-electron chi connectivity index (χ1n) is 8.13. The van der Waals surface area contributed by atoms with Crippen LogP contribution in [-0.2, 0) is 16.1 Å². The molecule has 0 aliphatic rings. The first kappa shape index (κ1) is 18.0. The van der Waals surface area contributed by atoms with E-state index < -0.39 is 5.97 Å². The van der Waals surface area contributed by atoms with E-state index in [4.69, 9.17) is 16.3 Å². The Bertz CT molecular complexity index is 1020. The standard InChI is InChI=1S/C21H18ClNO3/c1-14(24)7-8-16-12-23(13-17-5-3-4-6-19(17)22)20-11-15(21(25)26-2)9-10-18(16)20/h3-12H,13H2,1-2H3/b8-7+. The monoisotopic (exact) mass is 367 g/mol. The summed E-state index contributed by atoms with van der Waals surface area (Å²) in [6.07, 6.45) is 5.27. The molecular formula is C21H18ClNO3. The Hall–Kier alpha value is -2.85. The van der Waals surface area contributed by atoms with Crippen molar-refractivity contribution in [1.82, 2.24) is 4.57 Å². The van der Waals surface area contributed by atoms with Crippen LogP contribution in [0.25, 0.3) is 17.0 Å². The van der Waals surface area contributed by atoms with Gasteiger partial charge in [-0.3, -0.25) is 4.79 Å². The van der Waals surface area contributed by atoms with Crippen LogP contribution in [0.2, 0.25) is 5.02 Å². The van der Waals surface area contributed by atoms with E-state index in [1.165, 1.54) is 20.1 Å². The molecular weight excluding hydrogens is 350 g/mol. The molecule has 0 spiro atoms. The van der Waals surface area contributed by atoms with Gasteiger partial charge in [-0.05, 0) is 42.8 Å². The van der Waals surface area contributed by atoms with Gasteiger partial charge in [0.2, 0.25) is 0 Å². The van der Waals surface area contributed by atoms with Crippen molar-refractivity contribution in [1.29, 1.82) is 0 Å². The molecule has 1 heterocycles. The van der Waals surface area contributed by atoms with Crippen LogP contribution in [0.5, 0.6) is 0 Å². The zero-order valence-electron chi connectivity index (χ0n) is 14.5. The number of aromatic nitrogens is 1. The van der Waals surface area contributed by atoms with Gasteiger partial charge in [0.25, 0.3) is 0 Å². The maximum absolute atomic E-state index is 11.9. The van der Waals surface area contributed by atoms with Gasteiger partial charge >= 0.3 is 5.97 Å². The van der Waals surface area contributed by atoms with Gasteiger partial charge in [0.15, 0.2) is 5.78 Å². The van der Waals surface area contributed by atoms with E-state index in [1.54, 1.807) is 18.2 Å². The molecule has 0 fully saturated rings. The number of nitrogens with zero attached hydrogens (tertiary/aromatic N) is 1. The summed E-state index contributed by atoms with van der Waals surface area (Å²) >= 11 is 6.29. The number of ether oxygens (including phenoxy) is 1. The maximum atomic E-state index is 11.9. The fourth-order valence-electron chi connectivity index (χ4n) is 2.85. The number of hydrogen-bond donors (Lipinski definition) is 0. The van der Waals surface area contributed by atoms with E-state index in [2.05, 4.69) is 0 Å². The summed E-state index contributed by atoms with van der Waals surface area (Å²) in [6, 6.07) is 13.0. The molecule has 0 saturated carbocycles. The lowest BCUT2D eigenvalue weighted by Crippen LogP contribution is -2.02. The molecule has 0 amide bonds. The zero-order valence-corrected chi connectivity index (χ0v) is 15.3. The van der Waals surface area contributed by atoms with Crippen molar-refractivity contribution in [2.24, 2.45) is 0 Å². The molecule has 0 atom stereocenters. The third-order valence-electron chi connectivity index (χ3n) is 4.13. The van der Waals surface area contributed by atoms with Crippen molar-refractivity contribution >= 4 is 40.3 Å². The molecule has 0 unspecified atom stereocenters. The van der Waals surface area contributed by atoms with Gasteiger partial charge in [-0.1, -0.05) is 35.9 Å². The largest absolute Gasteiger partial charge is 0.465 e. The number of allylic oxidation sites excluding steroid dienone is 1. The molecule has 0 radical (unpaired) electrons. The third-order valence-corrected chi connectivity index (χ3v) is 4.50. The summed E-state index contributed by atoms with van der Waals surface area (Å²) in [6.45, 7) is 2.06. The number of fused-ring (bicyclic) bond motifs is 1. The number of methoxy groups -OCH3 is 1. The second-order valence-corrected chi connectivity index (χ2v) is 6.38. The highest BCUT2D eigenvalue weighted by Gasteiger charge is 2.13. The zero-order chi connectivity index (χ0) is 18.7. The van der Waals surface area contributed by atoms with Crippen LogP contribution in [0, 0.1) is 0 Å². The van der Waals surface area contributed by atoms with E-state index in [9.17, 15) is 9.59 Å². The first-order chi connectivity index (χ1) is 12.5. The summed E-state index contributed by atoms with van der Waals surface area (Å²) < 4.78 is 6.84. The second-order valence-electron chi connectivity index (χ2n) is 5.97. The summed E-state index contributed by atoms with van der Waals surface area (Å²) in [5.74, 6) is -0.415. The number of benzene rings is 2. The van der Waals surface area contributed by atoms with Crippen molar-refractivity contribution in [3.05, 3.63) is 76.5 Å². The Morgan fingerprint density at radius 3 is 2.65 bits per heavy atom. The molecule has 0 N–H and O–H groups in total. The highest BCUT2D eigenvalue weighted by Crippen LogP contribution is 2.27. The lowest BCUT2D eigenvalue weighted by Gasteiger charge is -2.08. The fraction of sp³-hybridized carbons (Fsp3) is 0.143.